The van der Waals surface area contributed by atoms with Crippen LogP contribution >= 0.6 is 0 Å². The number of ether oxygens (including phenoxy) is 2. The quantitative estimate of drug-likeness (QED) is 0.371. The normalized spacial score (nSPS) is 37.2. The molecule has 6 heteroatoms. The molecule has 43 heavy (non-hydrogen) atoms. The SMILES string of the molecule is CC=C[C@]1(O)CCC2C3CC[C@@]4(O)CC5(CCC4=C3[C@@H](c3ccc(C(O)c4ccc(C#N)cc4)cc3)C[C@@]21C)OCCO5. The zero-order valence-corrected chi connectivity index (χ0v) is 25.3. The van der Waals surface area contributed by atoms with Gasteiger partial charge < -0.3 is 24.8 Å². The van der Waals surface area contributed by atoms with E-state index in [1.807, 2.05) is 31.2 Å². The van der Waals surface area contributed by atoms with Crippen LogP contribution in [-0.2, 0) is 9.47 Å². The van der Waals surface area contributed by atoms with E-state index in [0.717, 1.165) is 55.2 Å². The third kappa shape index (κ3) is 4.47. The van der Waals surface area contributed by atoms with E-state index in [0.29, 0.717) is 43.5 Å². The van der Waals surface area contributed by atoms with Crippen molar-refractivity contribution in [3.8, 4) is 6.07 Å². The second kappa shape index (κ2) is 10.4. The summed E-state index contributed by atoms with van der Waals surface area (Å²) in [5.41, 5.74) is 3.75. The Kier molecular flexibility index (Phi) is 7.00. The van der Waals surface area contributed by atoms with Gasteiger partial charge in [-0.1, -0.05) is 61.0 Å². The van der Waals surface area contributed by atoms with Gasteiger partial charge in [0.1, 0.15) is 6.10 Å². The molecule has 0 aromatic heterocycles. The van der Waals surface area contributed by atoms with Gasteiger partial charge in [-0.25, -0.2) is 0 Å². The van der Waals surface area contributed by atoms with Crippen LogP contribution in [0.3, 0.4) is 0 Å². The van der Waals surface area contributed by atoms with Crippen LogP contribution in [0.4, 0.5) is 0 Å². The van der Waals surface area contributed by atoms with Crippen LogP contribution in [0.15, 0.2) is 71.8 Å². The number of hydrogen-bond acceptors (Lipinski definition) is 6. The maximum absolute atomic E-state index is 12.3. The van der Waals surface area contributed by atoms with Crippen molar-refractivity contribution in [2.24, 2.45) is 17.3 Å². The topological polar surface area (TPSA) is 103 Å². The summed E-state index contributed by atoms with van der Waals surface area (Å²) in [7, 11) is 0. The van der Waals surface area contributed by atoms with Crippen LogP contribution in [0, 0.1) is 28.6 Å². The number of hydrogen-bond donors (Lipinski definition) is 3. The third-order valence-electron chi connectivity index (χ3n) is 11.9. The van der Waals surface area contributed by atoms with Gasteiger partial charge in [0, 0.05) is 24.2 Å². The predicted octanol–water partition coefficient (Wildman–Crippen LogP) is 6.22. The van der Waals surface area contributed by atoms with Crippen LogP contribution < -0.4 is 0 Å². The maximum atomic E-state index is 12.3. The average Bonchev–Trinajstić information content (AvgIpc) is 3.57. The fourth-order valence-corrected chi connectivity index (χ4v) is 9.74. The van der Waals surface area contributed by atoms with Crippen molar-refractivity contribution >= 4 is 0 Å². The number of nitriles is 1. The summed E-state index contributed by atoms with van der Waals surface area (Å²) in [6.45, 7) is 5.45. The maximum Gasteiger partial charge on any atom is 0.171 e. The number of benzene rings is 2. The molecule has 0 amide bonds. The molecule has 3 saturated carbocycles. The number of fused-ring (bicyclic) bond motifs is 4. The Morgan fingerprint density at radius 1 is 0.953 bits per heavy atom. The minimum atomic E-state index is -0.940. The molecule has 1 saturated heterocycles. The van der Waals surface area contributed by atoms with E-state index in [9.17, 15) is 15.3 Å². The highest BCUT2D eigenvalue weighted by molar-refractivity contribution is 5.46. The molecule has 4 aliphatic carbocycles. The van der Waals surface area contributed by atoms with Crippen molar-refractivity contribution in [2.45, 2.75) is 94.2 Å². The summed E-state index contributed by atoms with van der Waals surface area (Å²) in [5, 5.41) is 44.6. The van der Waals surface area contributed by atoms with Crippen molar-refractivity contribution in [1.29, 1.82) is 5.26 Å². The van der Waals surface area contributed by atoms with E-state index in [1.54, 1.807) is 24.3 Å². The van der Waals surface area contributed by atoms with Gasteiger partial charge in [0.2, 0.25) is 0 Å². The Balaban J connectivity index is 1.29. The zero-order valence-electron chi connectivity index (χ0n) is 25.3. The van der Waals surface area contributed by atoms with Crippen LogP contribution in [0.1, 0.15) is 99.5 Å². The average molecular weight is 582 g/mol. The molecular formula is C37H43NO5. The Bertz CT molecular complexity index is 1480. The van der Waals surface area contributed by atoms with E-state index in [2.05, 4.69) is 25.1 Å². The summed E-state index contributed by atoms with van der Waals surface area (Å²) in [4.78, 5) is 0. The molecule has 226 valence electrons. The molecule has 0 radical (unpaired) electrons. The molecule has 1 heterocycles. The molecule has 0 bridgehead atoms. The van der Waals surface area contributed by atoms with Gasteiger partial charge in [0.05, 0.1) is 36.0 Å². The number of allylic oxidation sites excluding steroid dienone is 2. The molecule has 2 aromatic carbocycles. The number of nitrogens with zero attached hydrogens (tertiary/aromatic N) is 1. The van der Waals surface area contributed by atoms with Crippen molar-refractivity contribution in [1.82, 2.24) is 0 Å². The van der Waals surface area contributed by atoms with Gasteiger partial charge in [0.25, 0.3) is 0 Å². The Hall–Kier alpha value is -2.79. The van der Waals surface area contributed by atoms with E-state index in [4.69, 9.17) is 14.7 Å². The summed E-state index contributed by atoms with van der Waals surface area (Å²) in [5.74, 6) is 0.0437. The van der Waals surface area contributed by atoms with Crippen molar-refractivity contribution in [3.63, 3.8) is 0 Å². The zero-order chi connectivity index (χ0) is 30.0. The second-order valence-corrected chi connectivity index (χ2v) is 13.9. The minimum Gasteiger partial charge on any atom is -0.385 e. The smallest absolute Gasteiger partial charge is 0.171 e. The van der Waals surface area contributed by atoms with Gasteiger partial charge in [-0.3, -0.25) is 0 Å². The third-order valence-corrected chi connectivity index (χ3v) is 11.9. The number of aliphatic hydroxyl groups excluding tert-OH is 1. The highest BCUT2D eigenvalue weighted by Gasteiger charge is 2.64. The van der Waals surface area contributed by atoms with E-state index in [1.165, 1.54) is 11.1 Å². The number of rotatable bonds is 4. The first-order valence-electron chi connectivity index (χ1n) is 16.0. The lowest BCUT2D eigenvalue weighted by Gasteiger charge is -2.57. The molecule has 4 fully saturated rings. The Labute approximate surface area is 254 Å². The first kappa shape index (κ1) is 29.0. The van der Waals surface area contributed by atoms with Gasteiger partial charge in [-0.15, -0.1) is 0 Å². The lowest BCUT2D eigenvalue weighted by molar-refractivity contribution is -0.208. The first-order chi connectivity index (χ1) is 20.6. The largest absolute Gasteiger partial charge is 0.385 e. The molecule has 1 spiro atoms. The van der Waals surface area contributed by atoms with Crippen LogP contribution in [0.25, 0.3) is 0 Å². The van der Waals surface area contributed by atoms with Gasteiger partial charge in [-0.2, -0.15) is 5.26 Å². The molecular weight excluding hydrogens is 538 g/mol. The van der Waals surface area contributed by atoms with E-state index < -0.39 is 23.1 Å². The predicted molar refractivity (Wildman–Crippen MR) is 163 cm³/mol. The van der Waals surface area contributed by atoms with Crippen molar-refractivity contribution in [2.75, 3.05) is 13.2 Å². The standard InChI is InChI=1S/C37H43NO5/c1-3-15-36(41)17-13-30-28-12-16-35(40)23-37(42-19-20-43-37)18-14-31(35)32(28)29(21-34(30,36)2)25-8-10-27(11-9-25)33(39)26-6-4-24(22-38)5-7-26/h3-11,15,28-30,33,39-41H,12-14,16-21,23H2,1-2H3/t28?,29-,30?,33?,34+,35-,36+/m1/s1. The fourth-order valence-electron chi connectivity index (χ4n) is 9.74. The molecule has 7 rings (SSSR count). The highest BCUT2D eigenvalue weighted by Crippen LogP contribution is 2.68. The van der Waals surface area contributed by atoms with Gasteiger partial charge in [-0.05, 0) is 91.7 Å². The summed E-state index contributed by atoms with van der Waals surface area (Å²) in [6, 6.07) is 17.5. The number of aliphatic hydroxyl groups is 3. The van der Waals surface area contributed by atoms with Crippen LogP contribution in [0.2, 0.25) is 0 Å². The summed E-state index contributed by atoms with van der Waals surface area (Å²) >= 11 is 0. The van der Waals surface area contributed by atoms with Crippen molar-refractivity contribution in [3.05, 3.63) is 94.1 Å². The molecule has 1 aliphatic heterocycles. The molecule has 7 atom stereocenters. The van der Waals surface area contributed by atoms with E-state index in [-0.39, 0.29) is 11.3 Å². The summed E-state index contributed by atoms with van der Waals surface area (Å²) in [6.07, 6.45) is 9.37. The lowest BCUT2D eigenvalue weighted by atomic mass is 9.49. The van der Waals surface area contributed by atoms with Crippen LogP contribution in [-0.4, -0.2) is 45.5 Å². The van der Waals surface area contributed by atoms with Crippen LogP contribution in [0.5, 0.6) is 0 Å². The Morgan fingerprint density at radius 3 is 2.28 bits per heavy atom. The van der Waals surface area contributed by atoms with Gasteiger partial charge in [0.15, 0.2) is 5.79 Å². The molecule has 3 N–H and O–H groups in total. The fraction of sp³-hybridized carbons (Fsp3) is 0.541. The Morgan fingerprint density at radius 2 is 1.63 bits per heavy atom. The first-order valence-corrected chi connectivity index (χ1v) is 16.0. The molecule has 2 aromatic rings. The highest BCUT2D eigenvalue weighted by atomic mass is 16.7. The monoisotopic (exact) mass is 581 g/mol. The summed E-state index contributed by atoms with van der Waals surface area (Å²) < 4.78 is 12.2. The lowest BCUT2D eigenvalue weighted by Crippen LogP contribution is -2.55. The molecule has 3 unspecified atom stereocenters. The minimum absolute atomic E-state index is 0.0588. The van der Waals surface area contributed by atoms with Gasteiger partial charge >= 0.3 is 0 Å². The molecule has 5 aliphatic rings. The second-order valence-electron chi connectivity index (χ2n) is 13.9. The molecule has 6 nitrogen and oxygen atoms in total. The van der Waals surface area contributed by atoms with Crippen molar-refractivity contribution < 1.29 is 24.8 Å². The van der Waals surface area contributed by atoms with E-state index >= 15 is 0 Å².